The number of amides is 1. The van der Waals surface area contributed by atoms with Gasteiger partial charge in [0.05, 0.1) is 16.0 Å². The minimum atomic E-state index is -4.71. The van der Waals surface area contributed by atoms with Gasteiger partial charge in [-0.1, -0.05) is 11.6 Å². The molecular formula is C15H13ClF3NO4. The van der Waals surface area contributed by atoms with Crippen LogP contribution in [0.3, 0.4) is 0 Å². The fourth-order valence-electron chi connectivity index (χ4n) is 2.16. The summed E-state index contributed by atoms with van der Waals surface area (Å²) >= 11 is 5.49. The Bertz CT molecular complexity index is 715. The molecule has 0 spiro atoms. The fourth-order valence-corrected chi connectivity index (χ4v) is 2.39. The monoisotopic (exact) mass is 363 g/mol. The molecule has 0 radical (unpaired) electrons. The van der Waals surface area contributed by atoms with Crippen molar-refractivity contribution in [3.8, 4) is 0 Å². The highest BCUT2D eigenvalue weighted by Crippen LogP contribution is 2.36. The topological polar surface area (TPSA) is 72.5 Å². The van der Waals surface area contributed by atoms with Crippen LogP contribution >= 0.6 is 11.6 Å². The molecule has 130 valence electrons. The van der Waals surface area contributed by atoms with Gasteiger partial charge in [0, 0.05) is 5.69 Å². The van der Waals surface area contributed by atoms with Crippen molar-refractivity contribution in [3.63, 3.8) is 0 Å². The molecule has 2 rings (SSSR count). The number of esters is 1. The van der Waals surface area contributed by atoms with Crippen LogP contribution in [0.15, 0.2) is 18.2 Å². The van der Waals surface area contributed by atoms with Gasteiger partial charge < -0.3 is 10.1 Å². The number of halogens is 4. The molecule has 1 aromatic rings. The SMILES string of the molecule is CC1(C)COC(=O)C(C(=O)Nc2ccc(Cl)c(C(F)(F)F)c2)C1=O. The summed E-state index contributed by atoms with van der Waals surface area (Å²) in [7, 11) is 0. The van der Waals surface area contributed by atoms with E-state index >= 15 is 0 Å². The van der Waals surface area contributed by atoms with Crippen LogP contribution in [0.5, 0.6) is 0 Å². The molecule has 0 saturated carbocycles. The van der Waals surface area contributed by atoms with Crippen LogP contribution in [0.1, 0.15) is 19.4 Å². The number of cyclic esters (lactones) is 1. The third kappa shape index (κ3) is 3.53. The maximum Gasteiger partial charge on any atom is 0.417 e. The Morgan fingerprint density at radius 1 is 1.33 bits per heavy atom. The van der Waals surface area contributed by atoms with E-state index in [-0.39, 0.29) is 12.3 Å². The highest BCUT2D eigenvalue weighted by molar-refractivity contribution is 6.31. The van der Waals surface area contributed by atoms with E-state index in [4.69, 9.17) is 16.3 Å². The van der Waals surface area contributed by atoms with Crippen molar-refractivity contribution in [3.05, 3.63) is 28.8 Å². The average Bonchev–Trinajstić information content (AvgIpc) is 2.45. The number of carbonyl (C=O) groups excluding carboxylic acids is 3. The Balaban J connectivity index is 2.26. The van der Waals surface area contributed by atoms with Gasteiger partial charge in [0.2, 0.25) is 5.91 Å². The first-order valence-electron chi connectivity index (χ1n) is 6.82. The number of ketones is 1. The normalized spacial score (nSPS) is 20.5. The third-order valence-electron chi connectivity index (χ3n) is 3.54. The highest BCUT2D eigenvalue weighted by Gasteiger charge is 2.48. The molecule has 0 aromatic heterocycles. The van der Waals surface area contributed by atoms with Gasteiger partial charge in [0.15, 0.2) is 11.7 Å². The van der Waals surface area contributed by atoms with Crippen LogP contribution in [0, 0.1) is 11.3 Å². The standard InChI is InChI=1S/C15H13ClF3NO4/c1-14(2)6-24-13(23)10(11(14)21)12(22)20-7-3-4-9(16)8(5-7)15(17,18)19/h3-5,10H,6H2,1-2H3,(H,20,22). The molecule has 0 bridgehead atoms. The van der Waals surface area contributed by atoms with E-state index in [0.29, 0.717) is 6.07 Å². The molecule has 9 heteroatoms. The largest absolute Gasteiger partial charge is 0.464 e. The molecule has 1 aliphatic rings. The van der Waals surface area contributed by atoms with Crippen LogP contribution in [0.25, 0.3) is 0 Å². The first-order valence-corrected chi connectivity index (χ1v) is 7.20. The molecule has 24 heavy (non-hydrogen) atoms. The van der Waals surface area contributed by atoms with Crippen molar-refractivity contribution in [1.82, 2.24) is 0 Å². The van der Waals surface area contributed by atoms with Crippen LogP contribution in [-0.4, -0.2) is 24.3 Å². The molecule has 1 fully saturated rings. The predicted octanol–water partition coefficient (Wildman–Crippen LogP) is 3.07. The Kier molecular flexibility index (Phi) is 4.63. The Morgan fingerprint density at radius 2 is 1.96 bits per heavy atom. The zero-order valence-corrected chi connectivity index (χ0v) is 13.4. The van der Waals surface area contributed by atoms with E-state index < -0.39 is 45.8 Å². The molecule has 1 saturated heterocycles. The van der Waals surface area contributed by atoms with Crippen molar-refractivity contribution in [2.45, 2.75) is 20.0 Å². The summed E-state index contributed by atoms with van der Waals surface area (Å²) in [4.78, 5) is 36.1. The Morgan fingerprint density at radius 3 is 2.54 bits per heavy atom. The first kappa shape index (κ1) is 18.3. The molecule has 1 atom stereocenters. The van der Waals surface area contributed by atoms with Crippen molar-refractivity contribution >= 4 is 34.9 Å². The van der Waals surface area contributed by atoms with Gasteiger partial charge in [0.1, 0.15) is 6.61 Å². The number of carbonyl (C=O) groups is 3. The van der Waals surface area contributed by atoms with E-state index in [0.717, 1.165) is 12.1 Å². The van der Waals surface area contributed by atoms with Crippen molar-refractivity contribution < 1.29 is 32.3 Å². The van der Waals surface area contributed by atoms with Gasteiger partial charge in [-0.2, -0.15) is 13.2 Å². The van der Waals surface area contributed by atoms with Gasteiger partial charge >= 0.3 is 12.1 Å². The number of Topliss-reactive ketones (excluding diaryl/α,β-unsaturated/α-hetero) is 1. The van der Waals surface area contributed by atoms with Gasteiger partial charge in [-0.05, 0) is 32.0 Å². The minimum absolute atomic E-state index is 0.159. The van der Waals surface area contributed by atoms with Crippen molar-refractivity contribution in [2.75, 3.05) is 11.9 Å². The number of benzene rings is 1. The maximum absolute atomic E-state index is 12.8. The summed E-state index contributed by atoms with van der Waals surface area (Å²) in [5, 5.41) is 1.60. The number of hydrogen-bond donors (Lipinski definition) is 1. The molecular weight excluding hydrogens is 351 g/mol. The minimum Gasteiger partial charge on any atom is -0.464 e. The van der Waals surface area contributed by atoms with Crippen LogP contribution in [0.2, 0.25) is 5.02 Å². The molecule has 1 heterocycles. The lowest BCUT2D eigenvalue weighted by molar-refractivity contribution is -0.168. The third-order valence-corrected chi connectivity index (χ3v) is 3.87. The maximum atomic E-state index is 12.8. The quantitative estimate of drug-likeness (QED) is 0.647. The Hall–Kier alpha value is -2.09. The van der Waals surface area contributed by atoms with E-state index in [9.17, 15) is 27.6 Å². The summed E-state index contributed by atoms with van der Waals surface area (Å²) in [5.41, 5.74) is -2.42. The van der Waals surface area contributed by atoms with Gasteiger partial charge in [-0.15, -0.1) is 0 Å². The second kappa shape index (κ2) is 6.08. The van der Waals surface area contributed by atoms with E-state index in [2.05, 4.69) is 5.32 Å². The Labute approximate surface area is 140 Å². The van der Waals surface area contributed by atoms with Crippen LogP contribution in [0.4, 0.5) is 18.9 Å². The lowest BCUT2D eigenvalue weighted by Gasteiger charge is -2.31. The fraction of sp³-hybridized carbons (Fsp3) is 0.400. The van der Waals surface area contributed by atoms with Crippen molar-refractivity contribution in [2.24, 2.45) is 11.3 Å². The number of anilines is 1. The zero-order valence-electron chi connectivity index (χ0n) is 12.7. The lowest BCUT2D eigenvalue weighted by atomic mass is 9.79. The summed E-state index contributed by atoms with van der Waals surface area (Å²) < 4.78 is 43.3. The summed E-state index contributed by atoms with van der Waals surface area (Å²) in [6.07, 6.45) is -4.71. The highest BCUT2D eigenvalue weighted by atomic mass is 35.5. The number of rotatable bonds is 2. The molecule has 0 aliphatic carbocycles. The van der Waals surface area contributed by atoms with Crippen LogP contribution < -0.4 is 5.32 Å². The second-order valence-electron chi connectivity index (χ2n) is 5.97. The molecule has 5 nitrogen and oxygen atoms in total. The number of hydrogen-bond acceptors (Lipinski definition) is 4. The zero-order chi connectivity index (χ0) is 18.3. The predicted molar refractivity (Wildman–Crippen MR) is 78.3 cm³/mol. The molecule has 1 unspecified atom stereocenters. The lowest BCUT2D eigenvalue weighted by Crippen LogP contribution is -2.50. The van der Waals surface area contributed by atoms with Gasteiger partial charge in [0.25, 0.3) is 0 Å². The average molecular weight is 364 g/mol. The summed E-state index contributed by atoms with van der Waals surface area (Å²) in [5.74, 6) is -4.45. The van der Waals surface area contributed by atoms with Crippen molar-refractivity contribution in [1.29, 1.82) is 0 Å². The molecule has 1 amide bonds. The smallest absolute Gasteiger partial charge is 0.417 e. The van der Waals surface area contributed by atoms with Gasteiger partial charge in [-0.3, -0.25) is 14.4 Å². The summed E-state index contributed by atoms with van der Waals surface area (Å²) in [6, 6.07) is 2.73. The van der Waals surface area contributed by atoms with Crippen LogP contribution in [-0.2, 0) is 25.3 Å². The second-order valence-corrected chi connectivity index (χ2v) is 6.38. The molecule has 1 aromatic carbocycles. The number of alkyl halides is 3. The van der Waals surface area contributed by atoms with Gasteiger partial charge in [-0.25, -0.2) is 0 Å². The van der Waals surface area contributed by atoms with E-state index in [1.807, 2.05) is 0 Å². The number of ether oxygens (including phenoxy) is 1. The first-order chi connectivity index (χ1) is 10.9. The summed E-state index contributed by atoms with van der Waals surface area (Å²) in [6.45, 7) is 2.85. The number of nitrogens with one attached hydrogen (secondary N) is 1. The molecule has 1 N–H and O–H groups in total. The van der Waals surface area contributed by atoms with E-state index in [1.54, 1.807) is 0 Å². The molecule has 1 aliphatic heterocycles. The van der Waals surface area contributed by atoms with E-state index in [1.165, 1.54) is 13.8 Å².